The van der Waals surface area contributed by atoms with Crippen LogP contribution in [0.3, 0.4) is 0 Å². The molecule has 1 aromatic carbocycles. The lowest BCUT2D eigenvalue weighted by atomic mass is 9.95. The number of benzene rings is 1. The molecule has 0 aliphatic heterocycles. The highest BCUT2D eigenvalue weighted by Gasteiger charge is 3.02. The summed E-state index contributed by atoms with van der Waals surface area (Å²) < 4.78 is 121. The number of alkyl halides is 9. The highest BCUT2D eigenvalue weighted by atomic mass is 35.5. The van der Waals surface area contributed by atoms with E-state index < -0.39 is 61.0 Å². The fraction of sp³-hybridized carbons (Fsp3) is 0.417. The van der Waals surface area contributed by atoms with E-state index in [4.69, 9.17) is 46.4 Å². The summed E-state index contributed by atoms with van der Waals surface area (Å²) in [4.78, 5) is 11.7. The van der Waals surface area contributed by atoms with Gasteiger partial charge in [0.2, 0.25) is 0 Å². The first kappa shape index (κ1) is 22.5. The lowest BCUT2D eigenvalue weighted by Gasteiger charge is -2.29. The van der Waals surface area contributed by atoms with E-state index in [1.165, 1.54) is 0 Å². The Bertz CT molecular complexity index is 804. The Kier molecular flexibility index (Phi) is 5.09. The zero-order chi connectivity index (χ0) is 21.4. The maximum absolute atomic E-state index is 14.3. The van der Waals surface area contributed by atoms with Crippen LogP contribution in [0.25, 0.3) is 0 Å². The third-order valence-electron chi connectivity index (χ3n) is 3.71. The molecule has 0 radical (unpaired) electrons. The van der Waals surface area contributed by atoms with Crippen molar-refractivity contribution in [1.29, 1.82) is 0 Å². The largest absolute Gasteiger partial charge is 0.382 e. The molecule has 0 unspecified atom stereocenters. The summed E-state index contributed by atoms with van der Waals surface area (Å²) in [5, 5.41) is -1.51. The van der Waals surface area contributed by atoms with Crippen LogP contribution in [-0.2, 0) is 4.79 Å². The summed E-state index contributed by atoms with van der Waals surface area (Å²) in [5.41, 5.74) is -7.38. The van der Waals surface area contributed by atoms with Crippen LogP contribution in [0.2, 0.25) is 20.1 Å². The smallest absolute Gasteiger partial charge is 0.321 e. The Hall–Kier alpha value is -0.780. The van der Waals surface area contributed by atoms with Crippen molar-refractivity contribution in [1.82, 2.24) is 0 Å². The van der Waals surface area contributed by atoms with Gasteiger partial charge in [-0.05, 0) is 6.07 Å². The van der Waals surface area contributed by atoms with Crippen LogP contribution >= 0.6 is 46.4 Å². The first-order valence-electron chi connectivity index (χ1n) is 6.24. The summed E-state index contributed by atoms with van der Waals surface area (Å²) in [6.45, 7) is 0. The van der Waals surface area contributed by atoms with Gasteiger partial charge in [-0.2, -0.15) is 35.1 Å². The van der Waals surface area contributed by atoms with Crippen molar-refractivity contribution in [3.05, 3.63) is 26.2 Å². The molecule has 27 heavy (non-hydrogen) atoms. The molecule has 1 fully saturated rings. The number of hydrogen-bond donors (Lipinski definition) is 1. The zero-order valence-electron chi connectivity index (χ0n) is 11.9. The van der Waals surface area contributed by atoms with Crippen LogP contribution in [0.5, 0.6) is 0 Å². The van der Waals surface area contributed by atoms with Gasteiger partial charge in [-0.25, -0.2) is 4.39 Å². The SMILES string of the molecule is O=C(Nc1cc(Cl)c(Cl)c(Cl)c1Cl)C1(F)C(F)(F)C(F)(F)C(F)(F)C1(F)F. The minimum atomic E-state index is -6.89. The van der Waals surface area contributed by atoms with Gasteiger partial charge in [-0.3, -0.25) is 4.79 Å². The molecule has 1 saturated carbocycles. The third kappa shape index (κ3) is 2.47. The van der Waals surface area contributed by atoms with Gasteiger partial charge >= 0.3 is 29.4 Å². The molecule has 0 aromatic heterocycles. The van der Waals surface area contributed by atoms with Gasteiger partial charge in [0.1, 0.15) is 0 Å². The Morgan fingerprint density at radius 2 is 1.11 bits per heavy atom. The molecule has 1 aliphatic rings. The number of carbonyl (C=O) groups excluding carboxylic acids is 1. The van der Waals surface area contributed by atoms with E-state index in [2.05, 4.69) is 0 Å². The monoisotopic (exact) mass is 487 g/mol. The van der Waals surface area contributed by atoms with Crippen LogP contribution in [0.15, 0.2) is 6.07 Å². The summed E-state index contributed by atoms with van der Waals surface area (Å²) in [7, 11) is 0. The highest BCUT2D eigenvalue weighted by Crippen LogP contribution is 2.69. The molecule has 2 nitrogen and oxygen atoms in total. The minimum absolute atomic E-state index is 0.453. The normalized spacial score (nSPS) is 23.9. The number of rotatable bonds is 2. The number of carbonyl (C=O) groups is 1. The molecular formula is C12H2Cl4F9NO. The number of hydrogen-bond acceptors (Lipinski definition) is 1. The Morgan fingerprint density at radius 1 is 0.704 bits per heavy atom. The van der Waals surface area contributed by atoms with Crippen LogP contribution in [0.1, 0.15) is 0 Å². The van der Waals surface area contributed by atoms with Gasteiger partial charge in [0.05, 0.1) is 25.8 Å². The number of halogens is 13. The van der Waals surface area contributed by atoms with Gasteiger partial charge in [0.15, 0.2) is 0 Å². The van der Waals surface area contributed by atoms with Crippen LogP contribution in [-0.4, -0.2) is 35.3 Å². The second kappa shape index (κ2) is 6.11. The summed E-state index contributed by atoms with van der Waals surface area (Å²) >= 11 is 22.1. The average molecular weight is 489 g/mol. The van der Waals surface area contributed by atoms with E-state index in [9.17, 15) is 44.3 Å². The lowest BCUT2D eigenvalue weighted by molar-refractivity contribution is -0.303. The molecule has 1 N–H and O–H groups in total. The fourth-order valence-corrected chi connectivity index (χ4v) is 3.03. The fourth-order valence-electron chi connectivity index (χ4n) is 2.18. The quantitative estimate of drug-likeness (QED) is 0.287. The summed E-state index contributed by atoms with van der Waals surface area (Å²) in [6, 6.07) is 0.515. The summed E-state index contributed by atoms with van der Waals surface area (Å²) in [6.07, 6.45) is 0. The van der Waals surface area contributed by atoms with Gasteiger partial charge in [0, 0.05) is 0 Å². The van der Waals surface area contributed by atoms with Crippen molar-refractivity contribution < 1.29 is 44.3 Å². The molecule has 0 heterocycles. The number of anilines is 1. The molecule has 1 amide bonds. The highest BCUT2D eigenvalue weighted by molar-refractivity contribution is 6.52. The van der Waals surface area contributed by atoms with Crippen LogP contribution < -0.4 is 5.32 Å². The van der Waals surface area contributed by atoms with E-state index in [0.717, 1.165) is 5.32 Å². The predicted molar refractivity (Wildman–Crippen MR) is 78.7 cm³/mol. The minimum Gasteiger partial charge on any atom is -0.321 e. The van der Waals surface area contributed by atoms with Crippen LogP contribution in [0.4, 0.5) is 45.2 Å². The molecule has 2 rings (SSSR count). The third-order valence-corrected chi connectivity index (χ3v) is 5.46. The second-order valence-corrected chi connectivity index (χ2v) is 6.80. The predicted octanol–water partition coefficient (Wildman–Crippen LogP) is 6.50. The second-order valence-electron chi connectivity index (χ2n) is 5.26. The van der Waals surface area contributed by atoms with E-state index in [0.29, 0.717) is 6.07 Å². The number of amides is 1. The number of nitrogens with one attached hydrogen (secondary N) is 1. The first-order valence-corrected chi connectivity index (χ1v) is 7.75. The molecule has 0 saturated heterocycles. The molecule has 0 bridgehead atoms. The standard InChI is InChI=1S/C12H2Cl4F9NO/c13-2-1-3(5(15)6(16)4(2)14)26-7(27)8(17)9(18,19)11(22,23)12(24,25)10(8,20)21/h1H,(H,26,27). The zero-order valence-corrected chi connectivity index (χ0v) is 14.9. The average Bonchev–Trinajstić information content (AvgIpc) is 2.60. The van der Waals surface area contributed by atoms with Gasteiger partial charge in [-0.15, -0.1) is 0 Å². The Morgan fingerprint density at radius 3 is 1.52 bits per heavy atom. The Labute approximate surface area is 163 Å². The van der Waals surface area contributed by atoms with E-state index in [1.54, 1.807) is 0 Å². The molecule has 0 spiro atoms. The van der Waals surface area contributed by atoms with Gasteiger partial charge in [0.25, 0.3) is 5.91 Å². The maximum Gasteiger partial charge on any atom is 0.382 e. The van der Waals surface area contributed by atoms with E-state index in [1.807, 2.05) is 0 Å². The van der Waals surface area contributed by atoms with Gasteiger partial charge < -0.3 is 5.32 Å². The molecule has 15 heteroatoms. The van der Waals surface area contributed by atoms with Gasteiger partial charge in [-0.1, -0.05) is 46.4 Å². The van der Waals surface area contributed by atoms with E-state index in [-0.39, 0.29) is 0 Å². The van der Waals surface area contributed by atoms with Crippen molar-refractivity contribution in [2.75, 3.05) is 5.32 Å². The lowest BCUT2D eigenvalue weighted by Crippen LogP contribution is -2.62. The van der Waals surface area contributed by atoms with Crippen molar-refractivity contribution in [3.8, 4) is 0 Å². The van der Waals surface area contributed by atoms with Crippen molar-refractivity contribution in [3.63, 3.8) is 0 Å². The summed E-state index contributed by atoms with van der Waals surface area (Å²) in [5.74, 6) is -30.6. The molecule has 1 aliphatic carbocycles. The molecule has 152 valence electrons. The first-order chi connectivity index (χ1) is 11.9. The molecule has 1 aromatic rings. The Balaban J connectivity index is 2.62. The topological polar surface area (TPSA) is 29.1 Å². The van der Waals surface area contributed by atoms with Crippen LogP contribution in [0, 0.1) is 0 Å². The molecule has 0 atom stereocenters. The maximum atomic E-state index is 14.3. The van der Waals surface area contributed by atoms with Crippen molar-refractivity contribution in [2.24, 2.45) is 0 Å². The van der Waals surface area contributed by atoms with Crippen molar-refractivity contribution >= 4 is 58.0 Å². The molecular weight excluding hydrogens is 487 g/mol. The van der Waals surface area contributed by atoms with Crippen molar-refractivity contribution in [2.45, 2.75) is 29.4 Å². The van der Waals surface area contributed by atoms with E-state index >= 15 is 0 Å².